The number of carbonyl (C=O) groups is 1. The van der Waals surface area contributed by atoms with Gasteiger partial charge in [-0.05, 0) is 55.6 Å². The summed E-state index contributed by atoms with van der Waals surface area (Å²) in [7, 11) is 0. The standard InChI is InChI=1S/C23H29NO4S/c1-3-24-23(29)28-20(19-8-6-5-7-9-19)15-14-17-10-12-18(13-11-17)16-21(22(25)26)27-4-2/h5-13,20-21H,3-4,14-16H2,1-2H3,(H,24,29)(H,25,26)/t20?,21-/m0/s1. The van der Waals surface area contributed by atoms with Gasteiger partial charge in [0.15, 0.2) is 6.10 Å². The molecule has 0 saturated carbocycles. The van der Waals surface area contributed by atoms with E-state index in [9.17, 15) is 9.90 Å². The summed E-state index contributed by atoms with van der Waals surface area (Å²) in [4.78, 5) is 11.3. The molecular weight excluding hydrogens is 386 g/mol. The Balaban J connectivity index is 1.99. The van der Waals surface area contributed by atoms with Gasteiger partial charge in [-0.1, -0.05) is 54.6 Å². The Hall–Kier alpha value is -2.44. The third-order valence-corrected chi connectivity index (χ3v) is 4.76. The van der Waals surface area contributed by atoms with E-state index in [4.69, 9.17) is 21.7 Å². The molecule has 0 spiro atoms. The highest BCUT2D eigenvalue weighted by atomic mass is 32.1. The molecule has 0 fully saturated rings. The summed E-state index contributed by atoms with van der Waals surface area (Å²) in [5, 5.41) is 12.7. The number of nitrogens with one attached hydrogen (secondary N) is 1. The first-order valence-corrected chi connectivity index (χ1v) is 10.4. The zero-order chi connectivity index (χ0) is 21.1. The molecule has 0 aliphatic rings. The van der Waals surface area contributed by atoms with Gasteiger partial charge >= 0.3 is 5.97 Å². The van der Waals surface area contributed by atoms with E-state index in [-0.39, 0.29) is 6.10 Å². The smallest absolute Gasteiger partial charge is 0.333 e. The summed E-state index contributed by atoms with van der Waals surface area (Å²) < 4.78 is 11.3. The zero-order valence-corrected chi connectivity index (χ0v) is 17.8. The predicted octanol–water partition coefficient (Wildman–Crippen LogP) is 4.30. The van der Waals surface area contributed by atoms with E-state index in [2.05, 4.69) is 5.32 Å². The summed E-state index contributed by atoms with van der Waals surface area (Å²) in [5.74, 6) is -0.935. The summed E-state index contributed by atoms with van der Waals surface area (Å²) in [6, 6.07) is 18.0. The van der Waals surface area contributed by atoms with Crippen molar-refractivity contribution >= 4 is 23.4 Å². The number of benzene rings is 2. The van der Waals surface area contributed by atoms with E-state index in [1.165, 1.54) is 0 Å². The van der Waals surface area contributed by atoms with E-state index in [0.29, 0.717) is 18.2 Å². The maximum Gasteiger partial charge on any atom is 0.333 e. The highest BCUT2D eigenvalue weighted by molar-refractivity contribution is 7.80. The van der Waals surface area contributed by atoms with Crippen molar-refractivity contribution in [2.75, 3.05) is 13.2 Å². The first-order chi connectivity index (χ1) is 14.0. The molecule has 2 aromatic carbocycles. The Morgan fingerprint density at radius 3 is 2.31 bits per heavy atom. The van der Waals surface area contributed by atoms with Crippen LogP contribution in [0, 0.1) is 0 Å². The van der Waals surface area contributed by atoms with E-state index in [1.54, 1.807) is 6.92 Å². The number of thiocarbonyl (C=S) groups is 1. The number of carboxylic acid groups (broad SMARTS) is 1. The fraction of sp³-hybridized carbons (Fsp3) is 0.391. The third-order valence-electron chi connectivity index (χ3n) is 4.52. The molecule has 0 bridgehead atoms. The van der Waals surface area contributed by atoms with Gasteiger partial charge in [0.2, 0.25) is 0 Å². The second kappa shape index (κ2) is 12.2. The van der Waals surface area contributed by atoms with Crippen molar-refractivity contribution in [3.05, 3.63) is 71.3 Å². The minimum absolute atomic E-state index is 0.128. The van der Waals surface area contributed by atoms with Gasteiger partial charge in [-0.2, -0.15) is 0 Å². The van der Waals surface area contributed by atoms with Crippen molar-refractivity contribution in [2.24, 2.45) is 0 Å². The molecule has 1 unspecified atom stereocenters. The topological polar surface area (TPSA) is 67.8 Å². The summed E-state index contributed by atoms with van der Waals surface area (Å²) in [6.45, 7) is 4.88. The van der Waals surface area contributed by atoms with Crippen molar-refractivity contribution < 1.29 is 19.4 Å². The van der Waals surface area contributed by atoms with Crippen molar-refractivity contribution in [1.82, 2.24) is 5.32 Å². The Kier molecular flexibility index (Phi) is 9.60. The number of hydrogen-bond donors (Lipinski definition) is 2. The van der Waals surface area contributed by atoms with Gasteiger partial charge in [0, 0.05) is 19.6 Å². The maximum absolute atomic E-state index is 11.3. The average Bonchev–Trinajstić information content (AvgIpc) is 2.72. The van der Waals surface area contributed by atoms with Crippen LogP contribution in [0.4, 0.5) is 0 Å². The van der Waals surface area contributed by atoms with Crippen molar-refractivity contribution in [3.63, 3.8) is 0 Å². The molecule has 0 saturated heterocycles. The van der Waals surface area contributed by atoms with Crippen molar-refractivity contribution in [2.45, 2.75) is 45.3 Å². The van der Waals surface area contributed by atoms with Gasteiger partial charge < -0.3 is 19.9 Å². The van der Waals surface area contributed by atoms with Gasteiger partial charge in [-0.15, -0.1) is 0 Å². The molecule has 2 rings (SSSR count). The average molecular weight is 416 g/mol. The molecule has 0 radical (unpaired) electrons. The highest BCUT2D eigenvalue weighted by Gasteiger charge is 2.18. The largest absolute Gasteiger partial charge is 0.479 e. The third kappa shape index (κ3) is 7.83. The number of carboxylic acids is 1. The molecule has 0 aliphatic heterocycles. The molecule has 0 aliphatic carbocycles. The van der Waals surface area contributed by atoms with Crippen LogP contribution < -0.4 is 5.32 Å². The number of aliphatic carboxylic acids is 1. The Labute approximate surface area is 178 Å². The molecule has 0 heterocycles. The minimum atomic E-state index is -0.935. The Morgan fingerprint density at radius 1 is 1.07 bits per heavy atom. The quantitative estimate of drug-likeness (QED) is 0.533. The first kappa shape index (κ1) is 22.8. The lowest BCUT2D eigenvalue weighted by Gasteiger charge is -2.20. The Morgan fingerprint density at radius 2 is 1.72 bits per heavy atom. The second-order valence-corrected chi connectivity index (χ2v) is 7.05. The van der Waals surface area contributed by atoms with Crippen LogP contribution in [0.25, 0.3) is 0 Å². The molecule has 2 aromatic rings. The summed E-state index contributed by atoms with van der Waals surface area (Å²) in [5.41, 5.74) is 3.19. The van der Waals surface area contributed by atoms with Crippen LogP contribution in [0.3, 0.4) is 0 Å². The van der Waals surface area contributed by atoms with Crippen LogP contribution in [0.5, 0.6) is 0 Å². The van der Waals surface area contributed by atoms with Crippen LogP contribution in [0.1, 0.15) is 43.1 Å². The van der Waals surface area contributed by atoms with Crippen LogP contribution in [0.2, 0.25) is 0 Å². The number of hydrogen-bond acceptors (Lipinski definition) is 4. The molecule has 0 amide bonds. The second-order valence-electron chi connectivity index (χ2n) is 6.68. The van der Waals surface area contributed by atoms with Crippen LogP contribution >= 0.6 is 12.2 Å². The van der Waals surface area contributed by atoms with Crippen LogP contribution in [-0.4, -0.2) is 35.5 Å². The number of ether oxygens (including phenoxy) is 2. The molecule has 0 aromatic heterocycles. The first-order valence-electron chi connectivity index (χ1n) is 9.95. The Bertz CT molecular complexity index is 764. The van der Waals surface area contributed by atoms with Gasteiger partial charge in [0.1, 0.15) is 6.10 Å². The van der Waals surface area contributed by atoms with Crippen molar-refractivity contribution in [1.29, 1.82) is 0 Å². The number of aryl methyl sites for hydroxylation is 1. The monoisotopic (exact) mass is 415 g/mol. The molecule has 156 valence electrons. The lowest BCUT2D eigenvalue weighted by Crippen LogP contribution is -2.26. The highest BCUT2D eigenvalue weighted by Crippen LogP contribution is 2.24. The molecular formula is C23H29NO4S. The lowest BCUT2D eigenvalue weighted by molar-refractivity contribution is -0.149. The van der Waals surface area contributed by atoms with Gasteiger partial charge in [-0.25, -0.2) is 4.79 Å². The predicted molar refractivity (Wildman–Crippen MR) is 118 cm³/mol. The van der Waals surface area contributed by atoms with Gasteiger partial charge in [0.05, 0.1) is 0 Å². The molecule has 6 heteroatoms. The van der Waals surface area contributed by atoms with Gasteiger partial charge in [-0.3, -0.25) is 0 Å². The molecule has 5 nitrogen and oxygen atoms in total. The van der Waals surface area contributed by atoms with E-state index >= 15 is 0 Å². The number of rotatable bonds is 11. The van der Waals surface area contributed by atoms with E-state index in [1.807, 2.05) is 61.5 Å². The molecule has 2 atom stereocenters. The SMILES string of the molecule is CCNC(=S)OC(CCc1ccc(C[C@H](OCC)C(=O)O)cc1)c1ccccc1. The van der Waals surface area contributed by atoms with Gasteiger partial charge in [0.25, 0.3) is 5.17 Å². The fourth-order valence-electron chi connectivity index (χ4n) is 3.05. The fourth-order valence-corrected chi connectivity index (χ4v) is 3.31. The van der Waals surface area contributed by atoms with Crippen molar-refractivity contribution in [3.8, 4) is 0 Å². The van der Waals surface area contributed by atoms with E-state index < -0.39 is 12.1 Å². The minimum Gasteiger partial charge on any atom is -0.479 e. The molecule has 29 heavy (non-hydrogen) atoms. The van der Waals surface area contributed by atoms with E-state index in [0.717, 1.165) is 36.1 Å². The van der Waals surface area contributed by atoms with Crippen LogP contribution in [-0.2, 0) is 27.1 Å². The summed E-state index contributed by atoms with van der Waals surface area (Å²) >= 11 is 5.27. The lowest BCUT2D eigenvalue weighted by atomic mass is 9.99. The van der Waals surface area contributed by atoms with Crippen LogP contribution in [0.15, 0.2) is 54.6 Å². The normalized spacial score (nSPS) is 12.8. The summed E-state index contributed by atoms with van der Waals surface area (Å²) in [6.07, 6.45) is 1.02. The maximum atomic E-state index is 11.3. The molecule has 2 N–H and O–H groups in total. The zero-order valence-electron chi connectivity index (χ0n) is 17.0.